The SMILES string of the molecule is O=c1cccc2n1C[C@H]1C[C@H]2CN(c2nc(Nc3ccc(Cl)cc3)nc(N3CCOCC3)n2)C1. The standard InChI is InChI=1S/C24H26ClN7O2/c25-18-4-6-19(7-5-18)26-22-27-23(30-8-10-34-11-9-30)29-24(28-22)31-13-16-12-17(15-31)20-2-1-3-21(33)32(20)14-16/h1-7,16-17H,8-15H2,(H,26,27,28,29)/t16-,17-/m0/s1. The highest BCUT2D eigenvalue weighted by Gasteiger charge is 2.36. The summed E-state index contributed by atoms with van der Waals surface area (Å²) < 4.78 is 7.46. The van der Waals surface area contributed by atoms with Gasteiger partial charge >= 0.3 is 0 Å². The van der Waals surface area contributed by atoms with Crippen LogP contribution >= 0.6 is 11.6 Å². The number of halogens is 1. The maximum atomic E-state index is 12.4. The van der Waals surface area contributed by atoms with Gasteiger partial charge < -0.3 is 24.4 Å². The Labute approximate surface area is 202 Å². The van der Waals surface area contributed by atoms with E-state index in [4.69, 9.17) is 31.3 Å². The fourth-order valence-electron chi connectivity index (χ4n) is 5.18. The van der Waals surface area contributed by atoms with Crippen LogP contribution in [0.1, 0.15) is 18.0 Å². The monoisotopic (exact) mass is 479 g/mol. The number of hydrogen-bond acceptors (Lipinski definition) is 8. The van der Waals surface area contributed by atoms with Crippen LogP contribution in [-0.4, -0.2) is 58.9 Å². The molecular formula is C24H26ClN7O2. The van der Waals surface area contributed by atoms with Crippen molar-refractivity contribution in [3.8, 4) is 0 Å². The van der Waals surface area contributed by atoms with Gasteiger partial charge in [0.05, 0.1) is 13.2 Å². The number of fused-ring (bicyclic) bond motifs is 4. The zero-order chi connectivity index (χ0) is 23.1. The zero-order valence-corrected chi connectivity index (χ0v) is 19.5. The maximum Gasteiger partial charge on any atom is 0.250 e. The van der Waals surface area contributed by atoms with Crippen LogP contribution in [0, 0.1) is 5.92 Å². The number of piperidine rings is 1. The van der Waals surface area contributed by atoms with Crippen LogP contribution in [0.25, 0.3) is 0 Å². The minimum absolute atomic E-state index is 0.0878. The van der Waals surface area contributed by atoms with E-state index in [1.54, 1.807) is 6.07 Å². The molecule has 3 aromatic rings. The Bertz CT molecular complexity index is 1240. The van der Waals surface area contributed by atoms with Crippen molar-refractivity contribution in [3.05, 3.63) is 63.5 Å². The highest BCUT2D eigenvalue weighted by Crippen LogP contribution is 2.36. The molecule has 2 atom stereocenters. The van der Waals surface area contributed by atoms with E-state index in [-0.39, 0.29) is 11.5 Å². The Hall–Kier alpha value is -3.17. The molecule has 0 amide bonds. The number of nitrogens with zero attached hydrogens (tertiary/aromatic N) is 6. The van der Waals surface area contributed by atoms with Crippen LogP contribution in [-0.2, 0) is 11.3 Å². The molecule has 0 spiro atoms. The smallest absolute Gasteiger partial charge is 0.250 e. The molecule has 3 aliphatic rings. The first-order valence-electron chi connectivity index (χ1n) is 11.7. The summed E-state index contributed by atoms with van der Waals surface area (Å²) in [5.74, 6) is 2.47. The van der Waals surface area contributed by atoms with Gasteiger partial charge in [0.15, 0.2) is 0 Å². The average molecular weight is 480 g/mol. The lowest BCUT2D eigenvalue weighted by Crippen LogP contribution is -2.48. The third-order valence-corrected chi connectivity index (χ3v) is 7.02. The van der Waals surface area contributed by atoms with Crippen molar-refractivity contribution >= 4 is 35.1 Å². The van der Waals surface area contributed by atoms with Gasteiger partial charge in [-0.25, -0.2) is 0 Å². The van der Waals surface area contributed by atoms with Crippen molar-refractivity contribution in [2.24, 2.45) is 5.92 Å². The lowest BCUT2D eigenvalue weighted by atomic mass is 9.83. The predicted octanol–water partition coefficient (Wildman–Crippen LogP) is 2.89. The fraction of sp³-hybridized carbons (Fsp3) is 0.417. The number of morpholine rings is 1. The van der Waals surface area contributed by atoms with Gasteiger partial charge in [0, 0.05) is 61.1 Å². The quantitative estimate of drug-likeness (QED) is 0.611. The second-order valence-electron chi connectivity index (χ2n) is 9.09. The number of nitrogens with one attached hydrogen (secondary N) is 1. The van der Waals surface area contributed by atoms with Crippen molar-refractivity contribution < 1.29 is 4.74 Å². The Morgan fingerprint density at radius 3 is 2.47 bits per heavy atom. The summed E-state index contributed by atoms with van der Waals surface area (Å²) in [4.78, 5) is 31.2. The Morgan fingerprint density at radius 1 is 0.912 bits per heavy atom. The molecule has 6 rings (SSSR count). The summed E-state index contributed by atoms with van der Waals surface area (Å²) >= 11 is 6.04. The van der Waals surface area contributed by atoms with Gasteiger partial charge in [-0.3, -0.25) is 4.79 Å². The molecule has 10 heteroatoms. The van der Waals surface area contributed by atoms with E-state index in [1.165, 1.54) is 0 Å². The van der Waals surface area contributed by atoms with Gasteiger partial charge in [-0.1, -0.05) is 17.7 Å². The molecule has 0 aliphatic carbocycles. The largest absolute Gasteiger partial charge is 0.378 e. The fourth-order valence-corrected chi connectivity index (χ4v) is 5.30. The van der Waals surface area contributed by atoms with E-state index >= 15 is 0 Å². The molecule has 0 radical (unpaired) electrons. The van der Waals surface area contributed by atoms with Crippen LogP contribution in [0.5, 0.6) is 0 Å². The van der Waals surface area contributed by atoms with Crippen LogP contribution in [0.3, 0.4) is 0 Å². The molecule has 9 nitrogen and oxygen atoms in total. The number of pyridine rings is 1. The summed E-state index contributed by atoms with van der Waals surface area (Å²) in [5, 5.41) is 3.99. The molecule has 2 bridgehead atoms. The normalized spacial score (nSPS) is 21.8. The van der Waals surface area contributed by atoms with Crippen LogP contribution in [0.4, 0.5) is 23.5 Å². The summed E-state index contributed by atoms with van der Waals surface area (Å²) in [5.41, 5.74) is 2.05. The Balaban J connectivity index is 1.33. The van der Waals surface area contributed by atoms with Crippen LogP contribution < -0.4 is 20.7 Å². The van der Waals surface area contributed by atoms with E-state index < -0.39 is 0 Å². The van der Waals surface area contributed by atoms with E-state index in [9.17, 15) is 4.79 Å². The molecular weight excluding hydrogens is 454 g/mol. The average Bonchev–Trinajstić information content (AvgIpc) is 2.86. The van der Waals surface area contributed by atoms with Gasteiger partial charge in [-0.05, 0) is 42.7 Å². The van der Waals surface area contributed by atoms with Crippen LogP contribution in [0.2, 0.25) is 5.02 Å². The van der Waals surface area contributed by atoms with E-state index in [1.807, 2.05) is 34.9 Å². The number of ether oxygens (including phenoxy) is 1. The van der Waals surface area contributed by atoms with Crippen molar-refractivity contribution in [2.45, 2.75) is 18.9 Å². The second-order valence-corrected chi connectivity index (χ2v) is 9.53. The van der Waals surface area contributed by atoms with Gasteiger partial charge in [-0.15, -0.1) is 0 Å². The highest BCUT2D eigenvalue weighted by atomic mass is 35.5. The molecule has 2 saturated heterocycles. The van der Waals surface area contributed by atoms with E-state index in [0.29, 0.717) is 42.0 Å². The van der Waals surface area contributed by atoms with Crippen molar-refractivity contribution in [1.29, 1.82) is 0 Å². The lowest BCUT2D eigenvalue weighted by Gasteiger charge is -2.42. The number of benzene rings is 1. The van der Waals surface area contributed by atoms with Crippen molar-refractivity contribution in [1.82, 2.24) is 19.5 Å². The molecule has 2 fully saturated rings. The van der Waals surface area contributed by atoms with Gasteiger partial charge in [0.25, 0.3) is 5.56 Å². The molecule has 3 aliphatic heterocycles. The Morgan fingerprint density at radius 2 is 1.68 bits per heavy atom. The molecule has 176 valence electrons. The second kappa shape index (κ2) is 8.88. The molecule has 5 heterocycles. The topological polar surface area (TPSA) is 88.4 Å². The highest BCUT2D eigenvalue weighted by molar-refractivity contribution is 6.30. The molecule has 1 N–H and O–H groups in total. The summed E-state index contributed by atoms with van der Waals surface area (Å²) in [6.45, 7) is 5.11. The number of aromatic nitrogens is 4. The zero-order valence-electron chi connectivity index (χ0n) is 18.7. The van der Waals surface area contributed by atoms with Gasteiger partial charge in [0.1, 0.15) is 0 Å². The molecule has 0 saturated carbocycles. The molecule has 0 unspecified atom stereocenters. The summed E-state index contributed by atoms with van der Waals surface area (Å²) in [6, 6.07) is 13.1. The van der Waals surface area contributed by atoms with Gasteiger partial charge in [0.2, 0.25) is 17.8 Å². The minimum atomic E-state index is 0.0878. The third-order valence-electron chi connectivity index (χ3n) is 6.77. The number of anilines is 4. The van der Waals surface area contributed by atoms with E-state index in [2.05, 4.69) is 21.2 Å². The number of hydrogen-bond donors (Lipinski definition) is 1. The van der Waals surface area contributed by atoms with Crippen molar-refractivity contribution in [3.63, 3.8) is 0 Å². The van der Waals surface area contributed by atoms with E-state index in [0.717, 1.165) is 50.5 Å². The first-order valence-corrected chi connectivity index (χ1v) is 12.1. The van der Waals surface area contributed by atoms with Gasteiger partial charge in [-0.2, -0.15) is 15.0 Å². The number of rotatable bonds is 4. The third kappa shape index (κ3) is 4.21. The summed E-state index contributed by atoms with van der Waals surface area (Å²) in [7, 11) is 0. The summed E-state index contributed by atoms with van der Waals surface area (Å²) in [6.07, 6.45) is 1.08. The molecule has 2 aromatic heterocycles. The Kier molecular flexibility index (Phi) is 5.58. The molecule has 34 heavy (non-hydrogen) atoms. The molecule has 1 aromatic carbocycles. The maximum absolute atomic E-state index is 12.4. The first kappa shape index (κ1) is 21.4. The predicted molar refractivity (Wildman–Crippen MR) is 131 cm³/mol. The van der Waals surface area contributed by atoms with Crippen LogP contribution in [0.15, 0.2) is 47.3 Å². The lowest BCUT2D eigenvalue weighted by molar-refractivity contribution is 0.122. The van der Waals surface area contributed by atoms with Crippen molar-refractivity contribution in [2.75, 3.05) is 54.5 Å². The minimum Gasteiger partial charge on any atom is -0.378 e. The first-order chi connectivity index (χ1) is 16.6.